The molecular weight excluding hydrogens is 528 g/mol. The van der Waals surface area contributed by atoms with Crippen molar-refractivity contribution in [1.29, 1.82) is 0 Å². The number of para-hydroxylation sites is 1. The minimum absolute atomic E-state index is 0.178. The first-order valence-electron chi connectivity index (χ1n) is 13.4. The van der Waals surface area contributed by atoms with E-state index in [1.165, 1.54) is 0 Å². The van der Waals surface area contributed by atoms with E-state index < -0.39 is 15.1 Å². The summed E-state index contributed by atoms with van der Waals surface area (Å²) in [6.07, 6.45) is 1.80. The van der Waals surface area contributed by atoms with Crippen LogP contribution in [0.1, 0.15) is 13.8 Å². The molecule has 0 radical (unpaired) electrons. The van der Waals surface area contributed by atoms with Crippen LogP contribution in [-0.4, -0.2) is 80.1 Å². The van der Waals surface area contributed by atoms with E-state index in [2.05, 4.69) is 31.5 Å². The summed E-state index contributed by atoms with van der Waals surface area (Å²) in [7, 11) is -1.85. The maximum Gasteiger partial charge on any atom is 0.182 e. The largest absolute Gasteiger partial charge is 0.494 e. The number of hydrogen-bond donors (Lipinski definition) is 4. The van der Waals surface area contributed by atoms with Crippen molar-refractivity contribution < 1.29 is 18.3 Å². The number of nitrogens with zero attached hydrogens (tertiary/aromatic N) is 3. The smallest absolute Gasteiger partial charge is 0.182 e. The van der Waals surface area contributed by atoms with Crippen molar-refractivity contribution in [3.63, 3.8) is 0 Å². The molecule has 40 heavy (non-hydrogen) atoms. The van der Waals surface area contributed by atoms with Crippen molar-refractivity contribution in [2.75, 3.05) is 62.0 Å². The van der Waals surface area contributed by atoms with Crippen molar-refractivity contribution >= 4 is 49.4 Å². The lowest BCUT2D eigenvalue weighted by molar-refractivity contribution is 0.189. The zero-order chi connectivity index (χ0) is 28.3. The number of aliphatic hydroxyl groups excluding tert-OH is 1. The van der Waals surface area contributed by atoms with E-state index in [1.54, 1.807) is 45.4 Å². The third-order valence-corrected chi connectivity index (χ3v) is 9.42. The number of anilines is 5. The molecule has 0 amide bonds. The van der Waals surface area contributed by atoms with Crippen LogP contribution in [0, 0.1) is 0 Å². The van der Waals surface area contributed by atoms with E-state index in [9.17, 15) is 13.5 Å². The van der Waals surface area contributed by atoms with E-state index >= 15 is 0 Å². The van der Waals surface area contributed by atoms with Gasteiger partial charge in [-0.15, -0.1) is 0 Å². The van der Waals surface area contributed by atoms with E-state index in [0.717, 1.165) is 48.6 Å². The molecule has 5 rings (SSSR count). The lowest BCUT2D eigenvalue weighted by Gasteiger charge is -2.36. The molecule has 1 fully saturated rings. The molecule has 1 saturated heterocycles. The van der Waals surface area contributed by atoms with Crippen molar-refractivity contribution in [2.45, 2.75) is 24.0 Å². The van der Waals surface area contributed by atoms with Crippen LogP contribution in [0.5, 0.6) is 5.75 Å². The Morgan fingerprint density at radius 2 is 1.77 bits per heavy atom. The first kappa shape index (κ1) is 27.8. The molecule has 0 atom stereocenters. The number of piperazine rings is 1. The van der Waals surface area contributed by atoms with E-state index in [1.807, 2.05) is 30.3 Å². The summed E-state index contributed by atoms with van der Waals surface area (Å²) < 4.78 is 31.8. The fraction of sp³-hybridized carbons (Fsp3) is 0.345. The molecule has 4 aromatic rings. The van der Waals surface area contributed by atoms with Crippen molar-refractivity contribution in [2.24, 2.45) is 0 Å². The minimum atomic E-state index is -3.49. The zero-order valence-electron chi connectivity index (χ0n) is 23.0. The summed E-state index contributed by atoms with van der Waals surface area (Å²) in [6.45, 7) is 7.81. The average Bonchev–Trinajstić information content (AvgIpc) is 3.43. The number of nitrogens with one attached hydrogen (secondary N) is 3. The molecule has 1 aliphatic heterocycles. The normalized spacial score (nSPS) is 14.6. The number of aromatic amines is 1. The van der Waals surface area contributed by atoms with Crippen LogP contribution in [0.15, 0.2) is 65.7 Å². The Labute approximate surface area is 234 Å². The monoisotopic (exact) mass is 564 g/mol. The summed E-state index contributed by atoms with van der Waals surface area (Å²) in [6, 6.07) is 16.8. The lowest BCUT2D eigenvalue weighted by atomic mass is 10.2. The minimum Gasteiger partial charge on any atom is -0.494 e. The molecule has 1 aliphatic rings. The predicted octanol–water partition coefficient (Wildman–Crippen LogP) is 4.36. The first-order chi connectivity index (χ1) is 19.3. The second kappa shape index (κ2) is 11.7. The number of aromatic nitrogens is 2. The number of H-pyrrole nitrogens is 1. The van der Waals surface area contributed by atoms with Crippen LogP contribution in [0.4, 0.5) is 28.6 Å². The third kappa shape index (κ3) is 5.72. The lowest BCUT2D eigenvalue weighted by Crippen LogP contribution is -2.47. The Kier molecular flexibility index (Phi) is 8.15. The Morgan fingerprint density at radius 1 is 1.00 bits per heavy atom. The van der Waals surface area contributed by atoms with Gasteiger partial charge in [-0.2, -0.15) is 0 Å². The molecule has 10 nitrogen and oxygen atoms in total. The summed E-state index contributed by atoms with van der Waals surface area (Å²) in [5, 5.41) is 16.2. The van der Waals surface area contributed by atoms with Gasteiger partial charge in [-0.3, -0.25) is 4.90 Å². The highest BCUT2D eigenvalue weighted by Crippen LogP contribution is 2.36. The number of aliphatic hydroxyl groups is 1. The van der Waals surface area contributed by atoms with Gasteiger partial charge in [0.15, 0.2) is 9.84 Å². The Bertz CT molecular complexity index is 1580. The number of sulfone groups is 1. The molecule has 0 saturated carbocycles. The van der Waals surface area contributed by atoms with E-state index in [-0.39, 0.29) is 11.5 Å². The number of methoxy groups -OCH3 is 1. The van der Waals surface area contributed by atoms with Crippen molar-refractivity contribution in [3.8, 4) is 5.75 Å². The molecule has 3 heterocycles. The fourth-order valence-electron chi connectivity index (χ4n) is 4.91. The summed E-state index contributed by atoms with van der Waals surface area (Å²) >= 11 is 0. The number of benzene rings is 2. The van der Waals surface area contributed by atoms with Gasteiger partial charge in [0, 0.05) is 62.1 Å². The maximum absolute atomic E-state index is 13.0. The molecule has 11 heteroatoms. The van der Waals surface area contributed by atoms with Crippen molar-refractivity contribution in [3.05, 3.63) is 60.8 Å². The highest BCUT2D eigenvalue weighted by Gasteiger charge is 2.23. The number of fused-ring (bicyclic) bond motifs is 1. The molecule has 4 N–H and O–H groups in total. The van der Waals surface area contributed by atoms with Crippen LogP contribution in [0.3, 0.4) is 0 Å². The molecule has 2 aromatic heterocycles. The number of rotatable bonds is 10. The van der Waals surface area contributed by atoms with E-state index in [0.29, 0.717) is 29.4 Å². The Hall–Kier alpha value is -3.80. The molecular formula is C29H36N6O4S. The van der Waals surface area contributed by atoms with Gasteiger partial charge in [-0.05, 0) is 44.2 Å². The van der Waals surface area contributed by atoms with Crippen LogP contribution >= 0.6 is 0 Å². The zero-order valence-corrected chi connectivity index (χ0v) is 23.8. The van der Waals surface area contributed by atoms with Gasteiger partial charge in [-0.25, -0.2) is 13.4 Å². The molecule has 212 valence electrons. The SMILES string of the molecule is COc1cc(N2CCN(CCO)CC2)ccc1Nc1cc(Nc2ccccc2S(=O)(=O)C(C)C)c2cc[nH]c2n1. The van der Waals surface area contributed by atoms with Crippen LogP contribution in [0.2, 0.25) is 0 Å². The standard InChI is InChI=1S/C29H36N6O4S/c1-20(2)40(37,38)27-7-5-4-6-24(27)31-25-19-28(33-29-22(25)10-11-30-29)32-23-9-8-21(18-26(23)39-3)35-14-12-34(13-15-35)16-17-36/h4-11,18-20,36H,12-17H2,1-3H3,(H3,30,31,32,33). The van der Waals surface area contributed by atoms with Gasteiger partial charge in [-0.1, -0.05) is 12.1 Å². The van der Waals surface area contributed by atoms with E-state index in [4.69, 9.17) is 9.72 Å². The van der Waals surface area contributed by atoms with Crippen LogP contribution < -0.4 is 20.3 Å². The molecule has 2 aromatic carbocycles. The van der Waals surface area contributed by atoms with Crippen molar-refractivity contribution in [1.82, 2.24) is 14.9 Å². The second-order valence-electron chi connectivity index (χ2n) is 10.1. The van der Waals surface area contributed by atoms with Crippen LogP contribution in [-0.2, 0) is 9.84 Å². The summed E-state index contributed by atoms with van der Waals surface area (Å²) in [4.78, 5) is 12.7. The highest BCUT2D eigenvalue weighted by molar-refractivity contribution is 7.92. The van der Waals surface area contributed by atoms with Gasteiger partial charge in [0.2, 0.25) is 0 Å². The number of β-amino-alcohol motifs (C(OH)–C–C–N with tert-alkyl or cyclic N) is 1. The second-order valence-corrected chi connectivity index (χ2v) is 12.5. The number of hydrogen-bond acceptors (Lipinski definition) is 9. The Morgan fingerprint density at radius 3 is 2.50 bits per heavy atom. The topological polar surface area (TPSA) is 123 Å². The molecule has 0 aliphatic carbocycles. The highest BCUT2D eigenvalue weighted by atomic mass is 32.2. The van der Waals surface area contributed by atoms with Crippen LogP contribution in [0.25, 0.3) is 11.0 Å². The molecule has 0 bridgehead atoms. The number of pyridine rings is 1. The predicted molar refractivity (Wildman–Crippen MR) is 160 cm³/mol. The van der Waals surface area contributed by atoms with Gasteiger partial charge < -0.3 is 30.4 Å². The quantitative estimate of drug-likeness (QED) is 0.223. The summed E-state index contributed by atoms with van der Waals surface area (Å²) in [5.74, 6) is 1.26. The number of ether oxygens (including phenoxy) is 1. The Balaban J connectivity index is 1.42. The van der Waals surface area contributed by atoms with Gasteiger partial charge in [0.1, 0.15) is 17.2 Å². The first-order valence-corrected chi connectivity index (χ1v) is 15.0. The maximum atomic E-state index is 13.0. The molecule has 0 spiro atoms. The molecule has 0 unspecified atom stereocenters. The van der Waals surface area contributed by atoms with Gasteiger partial charge >= 0.3 is 0 Å². The van der Waals surface area contributed by atoms with Gasteiger partial charge in [0.05, 0.1) is 40.9 Å². The average molecular weight is 565 g/mol. The van der Waals surface area contributed by atoms with Gasteiger partial charge in [0.25, 0.3) is 0 Å². The fourth-order valence-corrected chi connectivity index (χ4v) is 6.11. The summed E-state index contributed by atoms with van der Waals surface area (Å²) in [5.41, 5.74) is 3.72. The third-order valence-electron chi connectivity index (χ3n) is 7.21.